The highest BCUT2D eigenvalue weighted by molar-refractivity contribution is 5.81. The van der Waals surface area contributed by atoms with E-state index in [-0.39, 0.29) is 18.0 Å². The number of nitro benzene ring substituents is 2. The Morgan fingerprint density at radius 2 is 2.00 bits per heavy atom. The van der Waals surface area contributed by atoms with Crippen LogP contribution in [0.3, 0.4) is 0 Å². The Hall–Kier alpha value is -3.93. The number of anilines is 1. The molecule has 0 fully saturated rings. The zero-order valence-electron chi connectivity index (χ0n) is 12.8. The average molecular weight is 340 g/mol. The summed E-state index contributed by atoms with van der Waals surface area (Å²) in [5.74, 6) is 2.91. The molecule has 25 heavy (non-hydrogen) atoms. The Balaban J connectivity index is 2.15. The number of benzene rings is 2. The lowest BCUT2D eigenvalue weighted by Gasteiger charge is -2.03. The van der Waals surface area contributed by atoms with Gasteiger partial charge in [-0.3, -0.25) is 25.7 Å². The molecule has 126 valence electrons. The van der Waals surface area contributed by atoms with Crippen LogP contribution in [0.5, 0.6) is 5.75 Å². The first-order valence-corrected chi connectivity index (χ1v) is 6.89. The normalized spacial score (nSPS) is 10.2. The van der Waals surface area contributed by atoms with Crippen molar-refractivity contribution in [2.75, 3.05) is 12.0 Å². The molecule has 2 aromatic rings. The minimum Gasteiger partial charge on any atom is -0.481 e. The van der Waals surface area contributed by atoms with E-state index in [0.29, 0.717) is 11.3 Å². The van der Waals surface area contributed by atoms with Gasteiger partial charge in [-0.05, 0) is 23.8 Å². The maximum absolute atomic E-state index is 11.0. The number of hydrogen-bond acceptors (Lipinski definition) is 7. The van der Waals surface area contributed by atoms with Crippen molar-refractivity contribution in [3.63, 3.8) is 0 Å². The second kappa shape index (κ2) is 8.07. The number of non-ortho nitro benzene ring substituents is 1. The first kappa shape index (κ1) is 17.4. The molecule has 0 amide bonds. The molecular formula is C16H12N4O5. The zero-order valence-corrected chi connectivity index (χ0v) is 12.8. The van der Waals surface area contributed by atoms with Gasteiger partial charge >= 0.3 is 5.69 Å². The molecule has 0 unspecified atom stereocenters. The van der Waals surface area contributed by atoms with Crippen LogP contribution in [0, 0.1) is 32.6 Å². The van der Waals surface area contributed by atoms with Crippen LogP contribution < -0.4 is 10.2 Å². The summed E-state index contributed by atoms with van der Waals surface area (Å²) < 4.78 is 5.28. The molecular weight excluding hydrogens is 328 g/mol. The summed E-state index contributed by atoms with van der Waals surface area (Å²) in [6.45, 7) is 0.133. The van der Waals surface area contributed by atoms with Crippen molar-refractivity contribution in [1.82, 2.24) is 0 Å². The molecule has 0 saturated carbocycles. The monoisotopic (exact) mass is 340 g/mol. The van der Waals surface area contributed by atoms with E-state index in [0.717, 1.165) is 12.1 Å². The summed E-state index contributed by atoms with van der Waals surface area (Å²) in [6, 6.07) is 10.1. The second-order valence-corrected chi connectivity index (χ2v) is 4.65. The number of rotatable bonds is 7. The first-order chi connectivity index (χ1) is 12.0. The SMILES string of the molecule is C#CCOc1cccc(/C=N\Nc2ccc([N+](=O)[O-])cc2[N+](=O)[O-])c1. The average Bonchev–Trinajstić information content (AvgIpc) is 2.60. The van der Waals surface area contributed by atoms with Crippen LogP contribution in [-0.2, 0) is 0 Å². The standard InChI is InChI=1S/C16H12N4O5/c1-2-8-25-14-5-3-4-12(9-14)11-17-18-15-7-6-13(19(21)22)10-16(15)20(23)24/h1,3-7,9-11,18H,8H2/b17-11-. The van der Waals surface area contributed by atoms with Crippen LogP contribution in [-0.4, -0.2) is 22.7 Å². The van der Waals surface area contributed by atoms with Gasteiger partial charge in [-0.15, -0.1) is 6.42 Å². The number of nitro groups is 2. The van der Waals surface area contributed by atoms with Crippen molar-refractivity contribution < 1.29 is 14.6 Å². The largest absolute Gasteiger partial charge is 0.481 e. The molecule has 0 aliphatic carbocycles. The Morgan fingerprint density at radius 1 is 1.20 bits per heavy atom. The number of hydrazone groups is 1. The fraction of sp³-hybridized carbons (Fsp3) is 0.0625. The van der Waals surface area contributed by atoms with Crippen LogP contribution in [0.25, 0.3) is 0 Å². The van der Waals surface area contributed by atoms with Crippen LogP contribution >= 0.6 is 0 Å². The molecule has 0 bridgehead atoms. The van der Waals surface area contributed by atoms with Crippen molar-refractivity contribution in [3.8, 4) is 18.1 Å². The molecule has 9 nitrogen and oxygen atoms in total. The highest BCUT2D eigenvalue weighted by Crippen LogP contribution is 2.28. The van der Waals surface area contributed by atoms with E-state index in [1.807, 2.05) is 0 Å². The fourth-order valence-corrected chi connectivity index (χ4v) is 1.87. The molecule has 2 aromatic carbocycles. The van der Waals surface area contributed by atoms with Crippen LogP contribution in [0.4, 0.5) is 17.1 Å². The van der Waals surface area contributed by atoms with Crippen molar-refractivity contribution in [1.29, 1.82) is 0 Å². The van der Waals surface area contributed by atoms with Crippen molar-refractivity contribution >= 4 is 23.3 Å². The molecule has 0 saturated heterocycles. The summed E-state index contributed by atoms with van der Waals surface area (Å²) in [5.41, 5.74) is 2.39. The summed E-state index contributed by atoms with van der Waals surface area (Å²) in [7, 11) is 0. The summed E-state index contributed by atoms with van der Waals surface area (Å²) in [6.07, 6.45) is 6.54. The molecule has 0 radical (unpaired) electrons. The minimum absolute atomic E-state index is 0.0339. The van der Waals surface area contributed by atoms with Gasteiger partial charge in [0.05, 0.1) is 22.1 Å². The number of nitrogens with zero attached hydrogens (tertiary/aromatic N) is 3. The molecule has 0 aliphatic rings. The quantitative estimate of drug-likeness (QED) is 0.358. The summed E-state index contributed by atoms with van der Waals surface area (Å²) in [4.78, 5) is 20.3. The molecule has 0 atom stereocenters. The van der Waals surface area contributed by atoms with Crippen molar-refractivity contribution in [2.45, 2.75) is 0 Å². The maximum Gasteiger partial charge on any atom is 0.301 e. The van der Waals surface area contributed by atoms with E-state index < -0.39 is 15.5 Å². The number of terminal acetylenes is 1. The van der Waals surface area contributed by atoms with Gasteiger partial charge in [0.25, 0.3) is 5.69 Å². The smallest absolute Gasteiger partial charge is 0.301 e. The molecule has 0 heterocycles. The zero-order chi connectivity index (χ0) is 18.2. The highest BCUT2D eigenvalue weighted by atomic mass is 16.6. The second-order valence-electron chi connectivity index (χ2n) is 4.65. The predicted molar refractivity (Wildman–Crippen MR) is 91.7 cm³/mol. The number of nitrogens with one attached hydrogen (secondary N) is 1. The predicted octanol–water partition coefficient (Wildman–Crippen LogP) is 2.96. The number of ether oxygens (including phenoxy) is 1. The lowest BCUT2D eigenvalue weighted by molar-refractivity contribution is -0.393. The Labute approximate surface area is 142 Å². The van der Waals surface area contributed by atoms with Crippen molar-refractivity contribution in [3.05, 3.63) is 68.3 Å². The van der Waals surface area contributed by atoms with E-state index >= 15 is 0 Å². The van der Waals surface area contributed by atoms with E-state index in [9.17, 15) is 20.2 Å². The van der Waals surface area contributed by atoms with E-state index in [2.05, 4.69) is 16.4 Å². The molecule has 1 N–H and O–H groups in total. The molecule has 0 spiro atoms. The van der Waals surface area contributed by atoms with Gasteiger partial charge in [0.1, 0.15) is 18.0 Å². The van der Waals surface area contributed by atoms with Crippen LogP contribution in [0.2, 0.25) is 0 Å². The molecule has 9 heteroatoms. The minimum atomic E-state index is -0.723. The van der Waals surface area contributed by atoms with E-state index in [1.54, 1.807) is 24.3 Å². The lowest BCUT2D eigenvalue weighted by Crippen LogP contribution is -1.99. The number of hydrogen-bond donors (Lipinski definition) is 1. The summed E-state index contributed by atoms with van der Waals surface area (Å²) >= 11 is 0. The van der Waals surface area contributed by atoms with Gasteiger partial charge in [-0.1, -0.05) is 18.1 Å². The fourth-order valence-electron chi connectivity index (χ4n) is 1.87. The highest BCUT2D eigenvalue weighted by Gasteiger charge is 2.18. The van der Waals surface area contributed by atoms with Gasteiger partial charge < -0.3 is 4.74 Å². The molecule has 0 aromatic heterocycles. The molecule has 0 aliphatic heterocycles. The third-order valence-electron chi connectivity index (χ3n) is 2.97. The van der Waals surface area contributed by atoms with Gasteiger partial charge in [0.15, 0.2) is 0 Å². The lowest BCUT2D eigenvalue weighted by atomic mass is 10.2. The van der Waals surface area contributed by atoms with E-state index in [1.165, 1.54) is 12.3 Å². The Kier molecular flexibility index (Phi) is 5.63. The Bertz CT molecular complexity index is 873. The topological polar surface area (TPSA) is 120 Å². The molecule has 2 rings (SSSR count). The van der Waals surface area contributed by atoms with Gasteiger partial charge in [0, 0.05) is 6.07 Å². The van der Waals surface area contributed by atoms with Gasteiger partial charge in [-0.25, -0.2) is 0 Å². The Morgan fingerprint density at radius 3 is 2.68 bits per heavy atom. The maximum atomic E-state index is 11.0. The first-order valence-electron chi connectivity index (χ1n) is 6.89. The van der Waals surface area contributed by atoms with Crippen molar-refractivity contribution in [2.24, 2.45) is 5.10 Å². The van der Waals surface area contributed by atoms with E-state index in [4.69, 9.17) is 11.2 Å². The van der Waals surface area contributed by atoms with Crippen LogP contribution in [0.1, 0.15) is 5.56 Å². The van der Waals surface area contributed by atoms with Gasteiger partial charge in [0.2, 0.25) is 0 Å². The van der Waals surface area contributed by atoms with Crippen LogP contribution in [0.15, 0.2) is 47.6 Å². The van der Waals surface area contributed by atoms with Gasteiger partial charge in [-0.2, -0.15) is 5.10 Å². The third kappa shape index (κ3) is 4.77. The summed E-state index contributed by atoms with van der Waals surface area (Å²) in [5, 5.41) is 25.6. The third-order valence-corrected chi connectivity index (χ3v) is 2.97.